The van der Waals surface area contributed by atoms with E-state index in [0.29, 0.717) is 5.92 Å². The lowest BCUT2D eigenvalue weighted by atomic mass is 10.0. The Kier molecular flexibility index (Phi) is 5.22. The molecule has 19 heavy (non-hydrogen) atoms. The van der Waals surface area contributed by atoms with Crippen molar-refractivity contribution in [3.8, 4) is 0 Å². The van der Waals surface area contributed by atoms with Gasteiger partial charge in [-0.05, 0) is 38.6 Å². The van der Waals surface area contributed by atoms with E-state index < -0.39 is 0 Å². The molecule has 1 aliphatic rings. The van der Waals surface area contributed by atoms with Crippen LogP contribution in [0.2, 0.25) is 0 Å². The van der Waals surface area contributed by atoms with Crippen molar-refractivity contribution >= 4 is 16.5 Å². The molecule has 1 unspecified atom stereocenters. The lowest BCUT2D eigenvalue weighted by Gasteiger charge is -2.18. The van der Waals surface area contributed by atoms with Crippen LogP contribution in [0, 0.1) is 0 Å². The van der Waals surface area contributed by atoms with Crippen LogP contribution in [-0.2, 0) is 6.54 Å². The van der Waals surface area contributed by atoms with E-state index in [1.165, 1.54) is 28.5 Å². The lowest BCUT2D eigenvalue weighted by molar-refractivity contribution is 0.676. The normalized spacial score (nSPS) is 16.6. The van der Waals surface area contributed by atoms with Gasteiger partial charge >= 0.3 is 0 Å². The molecule has 1 aliphatic carbocycles. The van der Waals surface area contributed by atoms with Gasteiger partial charge in [0.1, 0.15) is 0 Å². The quantitative estimate of drug-likeness (QED) is 0.786. The van der Waals surface area contributed by atoms with E-state index in [1.54, 1.807) is 0 Å². The third-order valence-electron chi connectivity index (χ3n) is 3.91. The molecule has 1 fully saturated rings. The van der Waals surface area contributed by atoms with E-state index in [0.717, 1.165) is 32.1 Å². The molecule has 3 nitrogen and oxygen atoms in total. The zero-order valence-electron chi connectivity index (χ0n) is 12.7. The Morgan fingerprint density at radius 1 is 1.37 bits per heavy atom. The summed E-state index contributed by atoms with van der Waals surface area (Å²) >= 11 is 1.90. The maximum Gasteiger partial charge on any atom is 0.186 e. The second-order valence-electron chi connectivity index (χ2n) is 5.41. The predicted molar refractivity (Wildman–Crippen MR) is 84.2 cm³/mol. The monoisotopic (exact) mass is 281 g/mol. The molecule has 1 heterocycles. The van der Waals surface area contributed by atoms with Crippen LogP contribution in [0.15, 0.2) is 0 Å². The Hall–Kier alpha value is -0.610. The Labute approximate surface area is 121 Å². The summed E-state index contributed by atoms with van der Waals surface area (Å²) in [7, 11) is 0. The SMILES string of the molecule is CCNCc1sc(N(CC)C2CC2)nc1C(C)CC. The van der Waals surface area contributed by atoms with Gasteiger partial charge < -0.3 is 10.2 Å². The van der Waals surface area contributed by atoms with Crippen LogP contribution in [-0.4, -0.2) is 24.1 Å². The van der Waals surface area contributed by atoms with E-state index >= 15 is 0 Å². The van der Waals surface area contributed by atoms with Crippen LogP contribution in [0.3, 0.4) is 0 Å². The van der Waals surface area contributed by atoms with Gasteiger partial charge in [0.25, 0.3) is 0 Å². The first-order chi connectivity index (χ1) is 9.21. The second-order valence-corrected chi connectivity index (χ2v) is 6.47. The van der Waals surface area contributed by atoms with Crippen molar-refractivity contribution in [2.45, 2.75) is 65.5 Å². The molecule has 0 spiro atoms. The highest BCUT2D eigenvalue weighted by Gasteiger charge is 2.30. The average molecular weight is 281 g/mol. The van der Waals surface area contributed by atoms with E-state index in [4.69, 9.17) is 4.98 Å². The molecule has 1 aromatic rings. The van der Waals surface area contributed by atoms with Crippen LogP contribution in [0.4, 0.5) is 5.13 Å². The number of hydrogen-bond acceptors (Lipinski definition) is 4. The molecule has 4 heteroatoms. The van der Waals surface area contributed by atoms with Gasteiger partial charge in [-0.3, -0.25) is 0 Å². The first kappa shape index (κ1) is 14.8. The number of rotatable bonds is 8. The van der Waals surface area contributed by atoms with Crippen LogP contribution in [0.1, 0.15) is 63.4 Å². The minimum atomic E-state index is 0.566. The summed E-state index contributed by atoms with van der Waals surface area (Å²) in [5.74, 6) is 0.566. The van der Waals surface area contributed by atoms with Crippen molar-refractivity contribution in [3.05, 3.63) is 10.6 Å². The fraction of sp³-hybridized carbons (Fsp3) is 0.800. The first-order valence-corrected chi connectivity index (χ1v) is 8.49. The third-order valence-corrected chi connectivity index (χ3v) is 5.01. The molecule has 0 amide bonds. The molecule has 0 radical (unpaired) electrons. The van der Waals surface area contributed by atoms with Gasteiger partial charge in [-0.2, -0.15) is 0 Å². The van der Waals surface area contributed by atoms with E-state index in [2.05, 4.69) is 37.9 Å². The van der Waals surface area contributed by atoms with Gasteiger partial charge in [-0.15, -0.1) is 11.3 Å². The topological polar surface area (TPSA) is 28.2 Å². The highest BCUT2D eigenvalue weighted by atomic mass is 32.1. The van der Waals surface area contributed by atoms with Crippen molar-refractivity contribution < 1.29 is 0 Å². The van der Waals surface area contributed by atoms with Crippen molar-refractivity contribution in [3.63, 3.8) is 0 Å². The smallest absolute Gasteiger partial charge is 0.186 e. The zero-order valence-corrected chi connectivity index (χ0v) is 13.5. The van der Waals surface area contributed by atoms with Crippen molar-refractivity contribution in [2.24, 2.45) is 0 Å². The number of aromatic nitrogens is 1. The molecular weight excluding hydrogens is 254 g/mol. The maximum absolute atomic E-state index is 4.97. The molecule has 0 saturated heterocycles. The number of anilines is 1. The third kappa shape index (κ3) is 3.48. The zero-order chi connectivity index (χ0) is 13.8. The Morgan fingerprint density at radius 3 is 2.63 bits per heavy atom. The van der Waals surface area contributed by atoms with E-state index in [-0.39, 0.29) is 0 Å². The molecule has 0 aliphatic heterocycles. The van der Waals surface area contributed by atoms with E-state index in [9.17, 15) is 0 Å². The molecule has 2 rings (SSSR count). The Morgan fingerprint density at radius 2 is 2.11 bits per heavy atom. The predicted octanol–water partition coefficient (Wildman–Crippen LogP) is 3.75. The number of hydrogen-bond donors (Lipinski definition) is 1. The van der Waals surface area contributed by atoms with E-state index in [1.807, 2.05) is 11.3 Å². The molecule has 1 atom stereocenters. The van der Waals surface area contributed by atoms with Crippen molar-refractivity contribution in [2.75, 3.05) is 18.0 Å². The van der Waals surface area contributed by atoms with Crippen LogP contribution in [0.25, 0.3) is 0 Å². The van der Waals surface area contributed by atoms with Crippen molar-refractivity contribution in [1.29, 1.82) is 0 Å². The average Bonchev–Trinajstić information content (AvgIpc) is 3.16. The van der Waals surface area contributed by atoms with Gasteiger partial charge in [0.15, 0.2) is 5.13 Å². The molecule has 0 aromatic carbocycles. The Balaban J connectivity index is 2.21. The van der Waals surface area contributed by atoms with Gasteiger partial charge in [0.05, 0.1) is 5.69 Å². The summed E-state index contributed by atoms with van der Waals surface area (Å²) in [4.78, 5) is 8.90. The van der Waals surface area contributed by atoms with Crippen LogP contribution >= 0.6 is 11.3 Å². The van der Waals surface area contributed by atoms with Crippen LogP contribution in [0.5, 0.6) is 0 Å². The highest BCUT2D eigenvalue weighted by Crippen LogP contribution is 2.37. The maximum atomic E-state index is 4.97. The Bertz CT molecular complexity index is 398. The molecule has 0 bridgehead atoms. The van der Waals surface area contributed by atoms with Crippen molar-refractivity contribution in [1.82, 2.24) is 10.3 Å². The highest BCUT2D eigenvalue weighted by molar-refractivity contribution is 7.15. The molecule has 1 saturated carbocycles. The first-order valence-electron chi connectivity index (χ1n) is 7.68. The number of nitrogens with zero attached hydrogens (tertiary/aromatic N) is 2. The van der Waals surface area contributed by atoms with Gasteiger partial charge in [-0.1, -0.05) is 20.8 Å². The standard InChI is InChI=1S/C15H27N3S/c1-5-11(4)14-13(10-16-6-2)19-15(17-14)18(7-3)12-8-9-12/h11-12,16H,5-10H2,1-4H3. The number of nitrogens with one attached hydrogen (secondary N) is 1. The molecule has 108 valence electrons. The van der Waals surface area contributed by atoms with Gasteiger partial charge in [0.2, 0.25) is 0 Å². The summed E-state index contributed by atoms with van der Waals surface area (Å²) in [6.45, 7) is 12.0. The minimum Gasteiger partial charge on any atom is -0.345 e. The largest absolute Gasteiger partial charge is 0.345 e. The summed E-state index contributed by atoms with van der Waals surface area (Å²) < 4.78 is 0. The molecule has 1 N–H and O–H groups in total. The summed E-state index contributed by atoms with van der Waals surface area (Å²) in [5, 5.41) is 4.69. The number of thiazole rings is 1. The van der Waals surface area contributed by atoms with Gasteiger partial charge in [-0.25, -0.2) is 4.98 Å². The summed E-state index contributed by atoms with van der Waals surface area (Å²) in [6.07, 6.45) is 3.85. The summed E-state index contributed by atoms with van der Waals surface area (Å²) in [6, 6.07) is 0.757. The molecule has 1 aromatic heterocycles. The van der Waals surface area contributed by atoms with Crippen LogP contribution < -0.4 is 10.2 Å². The fourth-order valence-electron chi connectivity index (χ4n) is 2.35. The second kappa shape index (κ2) is 6.71. The van der Waals surface area contributed by atoms with Gasteiger partial charge in [0, 0.05) is 24.0 Å². The molecular formula is C15H27N3S. The summed E-state index contributed by atoms with van der Waals surface area (Å²) in [5.41, 5.74) is 1.32. The fourth-order valence-corrected chi connectivity index (χ4v) is 3.64. The minimum absolute atomic E-state index is 0.566. The lowest BCUT2D eigenvalue weighted by Crippen LogP contribution is -2.24.